The zero-order valence-corrected chi connectivity index (χ0v) is 17.9. The largest absolute Gasteiger partial charge is 0.493 e. The van der Waals surface area contributed by atoms with Gasteiger partial charge in [-0.15, -0.1) is 0 Å². The summed E-state index contributed by atoms with van der Waals surface area (Å²) in [5.41, 5.74) is -5.12. The molecule has 4 rings (SSSR count). The van der Waals surface area contributed by atoms with Crippen molar-refractivity contribution in [3.05, 3.63) is 69.5 Å². The fraction of sp³-hybridized carbons (Fsp3) is 0.348. The second-order valence-electron chi connectivity index (χ2n) is 8.81. The minimum Gasteiger partial charge on any atom is -0.493 e. The number of rotatable bonds is 3. The summed E-state index contributed by atoms with van der Waals surface area (Å²) in [5.74, 6) is -1.72. The molecule has 0 amide bonds. The van der Waals surface area contributed by atoms with E-state index in [4.69, 9.17) is 4.74 Å². The highest BCUT2D eigenvalue weighted by Crippen LogP contribution is 2.56. The average Bonchev–Trinajstić information content (AvgIpc) is 2.71. The van der Waals surface area contributed by atoms with Crippen LogP contribution in [0.2, 0.25) is 0 Å². The van der Waals surface area contributed by atoms with E-state index in [0.717, 1.165) is 18.2 Å². The average molecular weight is 468 g/mol. The van der Waals surface area contributed by atoms with Gasteiger partial charge in [0.2, 0.25) is 5.56 Å². The molecular weight excluding hydrogens is 447 g/mol. The van der Waals surface area contributed by atoms with E-state index in [1.807, 2.05) is 0 Å². The molecule has 0 radical (unpaired) electrons. The van der Waals surface area contributed by atoms with Gasteiger partial charge < -0.3 is 20.1 Å². The van der Waals surface area contributed by atoms with Crippen molar-refractivity contribution < 1.29 is 31.8 Å². The smallest absolute Gasteiger partial charge is 0.419 e. The maximum absolute atomic E-state index is 14.5. The Kier molecular flexibility index (Phi) is 5.19. The monoisotopic (exact) mass is 468 g/mol. The second-order valence-corrected chi connectivity index (χ2v) is 8.81. The summed E-state index contributed by atoms with van der Waals surface area (Å²) in [6, 6.07) is 4.96. The lowest BCUT2D eigenvalue weighted by Crippen LogP contribution is -2.58. The molecular formula is C23H21F5N2O3. The van der Waals surface area contributed by atoms with Crippen molar-refractivity contribution >= 4 is 16.6 Å². The second kappa shape index (κ2) is 7.44. The Morgan fingerprint density at radius 1 is 1.09 bits per heavy atom. The Morgan fingerprint density at radius 3 is 2.39 bits per heavy atom. The molecule has 2 aromatic carbocycles. The van der Waals surface area contributed by atoms with E-state index in [1.54, 1.807) is 0 Å². The van der Waals surface area contributed by atoms with E-state index in [2.05, 4.69) is 10.3 Å². The number of benzene rings is 2. The van der Waals surface area contributed by atoms with E-state index in [1.165, 1.54) is 39.2 Å². The van der Waals surface area contributed by atoms with Crippen molar-refractivity contribution in [2.75, 3.05) is 12.4 Å². The number of halogens is 5. The maximum Gasteiger partial charge on any atom is 0.419 e. The Balaban J connectivity index is 1.99. The molecule has 0 aliphatic heterocycles. The van der Waals surface area contributed by atoms with Gasteiger partial charge in [-0.25, -0.2) is 8.78 Å². The van der Waals surface area contributed by atoms with Crippen LogP contribution in [-0.2, 0) is 5.41 Å². The summed E-state index contributed by atoms with van der Waals surface area (Å²) in [5, 5.41) is 13.9. The number of pyridine rings is 1. The highest BCUT2D eigenvalue weighted by Gasteiger charge is 2.64. The lowest BCUT2D eigenvalue weighted by atomic mass is 9.63. The van der Waals surface area contributed by atoms with Crippen molar-refractivity contribution in [3.63, 3.8) is 0 Å². The Bertz CT molecular complexity index is 1300. The number of hydrogen-bond donors (Lipinski definition) is 3. The van der Waals surface area contributed by atoms with Crippen LogP contribution in [0.1, 0.15) is 37.4 Å². The third kappa shape index (κ3) is 3.52. The number of fused-ring (bicyclic) bond motifs is 2. The number of aliphatic hydroxyl groups is 1. The highest BCUT2D eigenvalue weighted by molar-refractivity contribution is 5.91. The number of nitrogens with one attached hydrogen (secondary N) is 2. The first-order valence-corrected chi connectivity index (χ1v) is 10.0. The molecule has 0 saturated heterocycles. The normalized spacial score (nSPS) is 22.2. The predicted octanol–water partition coefficient (Wildman–Crippen LogP) is 4.94. The van der Waals surface area contributed by atoms with E-state index < -0.39 is 46.8 Å². The molecule has 33 heavy (non-hydrogen) atoms. The van der Waals surface area contributed by atoms with Gasteiger partial charge >= 0.3 is 6.18 Å². The molecule has 0 fully saturated rings. The topological polar surface area (TPSA) is 74.3 Å². The van der Waals surface area contributed by atoms with E-state index in [0.29, 0.717) is 0 Å². The molecule has 2 unspecified atom stereocenters. The summed E-state index contributed by atoms with van der Waals surface area (Å²) in [6.45, 7) is 2.94. The summed E-state index contributed by atoms with van der Waals surface area (Å²) < 4.78 is 76.8. The molecule has 176 valence electrons. The number of aromatic nitrogens is 1. The minimum atomic E-state index is -5.06. The number of aromatic amines is 1. The molecule has 0 bridgehead atoms. The molecule has 1 heterocycles. The van der Waals surface area contributed by atoms with Crippen molar-refractivity contribution in [1.82, 2.24) is 4.98 Å². The van der Waals surface area contributed by atoms with Crippen molar-refractivity contribution in [3.8, 4) is 5.75 Å². The van der Waals surface area contributed by atoms with Crippen LogP contribution in [0.4, 0.5) is 27.6 Å². The quantitative estimate of drug-likeness (QED) is 0.476. The third-order valence-electron chi connectivity index (χ3n) is 6.16. The molecule has 5 nitrogen and oxygen atoms in total. The molecule has 1 aliphatic carbocycles. The highest BCUT2D eigenvalue weighted by atomic mass is 19.4. The van der Waals surface area contributed by atoms with E-state index >= 15 is 0 Å². The fourth-order valence-corrected chi connectivity index (χ4v) is 4.79. The zero-order valence-electron chi connectivity index (χ0n) is 17.9. The maximum atomic E-state index is 14.5. The van der Waals surface area contributed by atoms with Crippen LogP contribution >= 0.6 is 0 Å². The molecule has 0 spiro atoms. The Labute approximate surface area is 185 Å². The van der Waals surface area contributed by atoms with Crippen LogP contribution in [0.25, 0.3) is 10.9 Å². The molecule has 10 heteroatoms. The zero-order chi connectivity index (χ0) is 24.3. The summed E-state index contributed by atoms with van der Waals surface area (Å²) >= 11 is 0. The van der Waals surface area contributed by atoms with Gasteiger partial charge in [-0.1, -0.05) is 19.9 Å². The van der Waals surface area contributed by atoms with Crippen LogP contribution in [-0.4, -0.2) is 29.0 Å². The van der Waals surface area contributed by atoms with Gasteiger partial charge in [-0.2, -0.15) is 13.2 Å². The van der Waals surface area contributed by atoms with Gasteiger partial charge in [-0.3, -0.25) is 4.79 Å². The van der Waals surface area contributed by atoms with Gasteiger partial charge in [-0.05, 0) is 41.7 Å². The van der Waals surface area contributed by atoms with Crippen molar-refractivity contribution in [1.29, 1.82) is 0 Å². The lowest BCUT2D eigenvalue weighted by molar-refractivity contribution is -0.275. The number of alkyl halides is 3. The van der Waals surface area contributed by atoms with Gasteiger partial charge in [0.25, 0.3) is 0 Å². The Morgan fingerprint density at radius 2 is 1.76 bits per heavy atom. The number of anilines is 1. The summed E-state index contributed by atoms with van der Waals surface area (Å²) in [6.07, 6.45) is -5.85. The number of ether oxygens (including phenoxy) is 1. The molecule has 2 atom stereocenters. The van der Waals surface area contributed by atoms with Crippen molar-refractivity contribution in [2.24, 2.45) is 0 Å². The standard InChI is InChI=1S/C23H21F5N2O3/c1-21(2)10-22(32,23(26,27)28)20(12-4-6-14(25)19(33-3)17(12)21)29-15-8-7-13(24)18-11(15)5-9-16(31)30-18/h4-9,20,29,32H,10H2,1-3H3,(H,30,31). The summed E-state index contributed by atoms with van der Waals surface area (Å²) in [4.78, 5) is 13.9. The molecule has 1 aliphatic rings. The van der Waals surface area contributed by atoms with Gasteiger partial charge in [0.05, 0.1) is 18.7 Å². The lowest BCUT2D eigenvalue weighted by Gasteiger charge is -2.49. The van der Waals surface area contributed by atoms with Crippen LogP contribution in [0.5, 0.6) is 5.75 Å². The van der Waals surface area contributed by atoms with Gasteiger partial charge in [0.15, 0.2) is 17.2 Å². The molecule has 0 saturated carbocycles. The number of H-pyrrole nitrogens is 1. The Hall–Kier alpha value is -3.14. The third-order valence-corrected chi connectivity index (χ3v) is 6.16. The van der Waals surface area contributed by atoms with Crippen LogP contribution in [0.3, 0.4) is 0 Å². The number of methoxy groups -OCH3 is 1. The first kappa shape index (κ1) is 23.0. The first-order chi connectivity index (χ1) is 15.3. The van der Waals surface area contributed by atoms with Crippen LogP contribution in [0.15, 0.2) is 41.2 Å². The van der Waals surface area contributed by atoms with E-state index in [9.17, 15) is 31.9 Å². The van der Waals surface area contributed by atoms with Crippen LogP contribution < -0.4 is 15.6 Å². The van der Waals surface area contributed by atoms with Gasteiger partial charge in [0, 0.05) is 22.7 Å². The van der Waals surface area contributed by atoms with E-state index in [-0.39, 0.29) is 33.5 Å². The van der Waals surface area contributed by atoms with Crippen LogP contribution in [0, 0.1) is 11.6 Å². The molecule has 3 N–H and O–H groups in total. The minimum absolute atomic E-state index is 0.00813. The van der Waals surface area contributed by atoms with Gasteiger partial charge in [0.1, 0.15) is 5.82 Å². The first-order valence-electron chi connectivity index (χ1n) is 10.0. The predicted molar refractivity (Wildman–Crippen MR) is 112 cm³/mol. The molecule has 3 aromatic rings. The molecule has 1 aromatic heterocycles. The fourth-order valence-electron chi connectivity index (χ4n) is 4.79. The SMILES string of the molecule is COc1c(F)ccc2c1C(C)(C)CC(O)(C(F)(F)F)C2Nc1ccc(F)c2[nH]c(=O)ccc12. The number of hydrogen-bond acceptors (Lipinski definition) is 4. The van der Waals surface area contributed by atoms with Crippen molar-refractivity contribution in [2.45, 2.75) is 43.5 Å². The summed E-state index contributed by atoms with van der Waals surface area (Å²) in [7, 11) is 1.21.